The molecule has 0 atom stereocenters. The van der Waals surface area contributed by atoms with Crippen molar-refractivity contribution in [2.24, 2.45) is 0 Å². The molecule has 0 unspecified atom stereocenters. The maximum Gasteiger partial charge on any atom is 0.224 e. The van der Waals surface area contributed by atoms with Gasteiger partial charge in [0.2, 0.25) is 5.95 Å². The highest BCUT2D eigenvalue weighted by molar-refractivity contribution is 5.39. The van der Waals surface area contributed by atoms with E-state index in [4.69, 9.17) is 4.74 Å². The van der Waals surface area contributed by atoms with Crippen LogP contribution in [0.3, 0.4) is 0 Å². The molecule has 0 saturated heterocycles. The van der Waals surface area contributed by atoms with Gasteiger partial charge in [0.15, 0.2) is 0 Å². The van der Waals surface area contributed by atoms with Crippen LogP contribution in [0.2, 0.25) is 0 Å². The monoisotopic (exact) mass is 348 g/mol. The van der Waals surface area contributed by atoms with Crippen LogP contribution in [-0.4, -0.2) is 29.7 Å². The zero-order chi connectivity index (χ0) is 18.0. The predicted molar refractivity (Wildman–Crippen MR) is 106 cm³/mol. The summed E-state index contributed by atoms with van der Waals surface area (Å²) < 4.78 is 5.65. The molecule has 0 aliphatic rings. The van der Waals surface area contributed by atoms with E-state index in [-0.39, 0.29) is 0 Å². The molecule has 3 aromatic rings. The molecule has 5 nitrogen and oxygen atoms in total. The predicted octanol–water partition coefficient (Wildman–Crippen LogP) is 3.93. The molecule has 134 valence electrons. The highest BCUT2D eigenvalue weighted by Gasteiger charge is 2.00. The minimum Gasteiger partial charge on any atom is -0.492 e. The Kier molecular flexibility index (Phi) is 6.42. The Morgan fingerprint density at radius 2 is 1.69 bits per heavy atom. The van der Waals surface area contributed by atoms with Gasteiger partial charge >= 0.3 is 0 Å². The molecule has 0 aliphatic heterocycles. The zero-order valence-corrected chi connectivity index (χ0v) is 15.0. The summed E-state index contributed by atoms with van der Waals surface area (Å²) >= 11 is 0. The Balaban J connectivity index is 1.40. The molecule has 0 amide bonds. The van der Waals surface area contributed by atoms with Crippen LogP contribution < -0.4 is 15.4 Å². The van der Waals surface area contributed by atoms with Crippen LogP contribution in [0.25, 0.3) is 0 Å². The fraction of sp³-hybridized carbons (Fsp3) is 0.238. The molecule has 2 aromatic carbocycles. The average Bonchev–Trinajstić information content (AvgIpc) is 2.68. The van der Waals surface area contributed by atoms with E-state index in [0.29, 0.717) is 19.1 Å². The van der Waals surface area contributed by atoms with E-state index < -0.39 is 0 Å². The van der Waals surface area contributed by atoms with Crippen LogP contribution >= 0.6 is 0 Å². The molecule has 26 heavy (non-hydrogen) atoms. The summed E-state index contributed by atoms with van der Waals surface area (Å²) in [6, 6.07) is 20.2. The van der Waals surface area contributed by atoms with E-state index in [0.717, 1.165) is 24.5 Å². The van der Waals surface area contributed by atoms with Gasteiger partial charge in [-0.3, -0.25) is 0 Å². The largest absolute Gasteiger partial charge is 0.492 e. The number of nitrogens with one attached hydrogen (secondary N) is 2. The van der Waals surface area contributed by atoms with Crippen LogP contribution in [0.1, 0.15) is 11.1 Å². The van der Waals surface area contributed by atoms with Gasteiger partial charge in [0, 0.05) is 12.7 Å². The number of benzene rings is 2. The summed E-state index contributed by atoms with van der Waals surface area (Å²) in [7, 11) is 0. The normalized spacial score (nSPS) is 10.3. The van der Waals surface area contributed by atoms with Crippen molar-refractivity contribution in [1.29, 1.82) is 0 Å². The number of hydrogen-bond acceptors (Lipinski definition) is 5. The molecule has 2 N–H and O–H groups in total. The van der Waals surface area contributed by atoms with Gasteiger partial charge in [0.1, 0.15) is 18.2 Å². The highest BCUT2D eigenvalue weighted by atomic mass is 16.5. The Bertz CT molecular complexity index is 791. The van der Waals surface area contributed by atoms with Crippen molar-refractivity contribution in [2.45, 2.75) is 13.3 Å². The van der Waals surface area contributed by atoms with Gasteiger partial charge in [0.05, 0.1) is 6.54 Å². The van der Waals surface area contributed by atoms with Crippen molar-refractivity contribution in [3.05, 3.63) is 78.0 Å². The van der Waals surface area contributed by atoms with Crippen molar-refractivity contribution in [1.82, 2.24) is 9.97 Å². The standard InChI is InChI=1S/C21H24N4O/c1-17-7-9-18(10-8-17)11-13-22-20-12-14-23-21(25-20)24-15-16-26-19-5-3-2-4-6-19/h2-10,12,14H,11,13,15-16H2,1H3,(H2,22,23,24,25). The summed E-state index contributed by atoms with van der Waals surface area (Å²) in [6.45, 7) is 4.12. The molecule has 1 aromatic heterocycles. The summed E-state index contributed by atoms with van der Waals surface area (Å²) in [5.41, 5.74) is 2.60. The van der Waals surface area contributed by atoms with Crippen LogP contribution in [0.5, 0.6) is 5.75 Å². The fourth-order valence-corrected chi connectivity index (χ4v) is 2.48. The lowest BCUT2D eigenvalue weighted by atomic mass is 10.1. The summed E-state index contributed by atoms with van der Waals surface area (Å²) in [4.78, 5) is 8.72. The lowest BCUT2D eigenvalue weighted by molar-refractivity contribution is 0.332. The minimum atomic E-state index is 0.554. The Hall–Kier alpha value is -3.08. The van der Waals surface area contributed by atoms with Gasteiger partial charge in [0.25, 0.3) is 0 Å². The van der Waals surface area contributed by atoms with E-state index in [1.807, 2.05) is 36.4 Å². The van der Waals surface area contributed by atoms with E-state index in [1.54, 1.807) is 6.20 Å². The third kappa shape index (κ3) is 5.77. The quantitative estimate of drug-likeness (QED) is 0.574. The Morgan fingerprint density at radius 1 is 0.885 bits per heavy atom. The number of nitrogens with zero attached hydrogens (tertiary/aromatic N) is 2. The second kappa shape index (κ2) is 9.42. The second-order valence-corrected chi connectivity index (χ2v) is 6.02. The van der Waals surface area contributed by atoms with Crippen molar-refractivity contribution in [3.8, 4) is 5.75 Å². The molecule has 1 heterocycles. The van der Waals surface area contributed by atoms with Gasteiger partial charge in [-0.15, -0.1) is 0 Å². The first kappa shape index (κ1) is 17.7. The van der Waals surface area contributed by atoms with Crippen molar-refractivity contribution >= 4 is 11.8 Å². The molecule has 0 fully saturated rings. The fourth-order valence-electron chi connectivity index (χ4n) is 2.48. The second-order valence-electron chi connectivity index (χ2n) is 6.02. The van der Waals surface area contributed by atoms with E-state index in [1.165, 1.54) is 11.1 Å². The molecule has 0 saturated carbocycles. The average molecular weight is 348 g/mol. The van der Waals surface area contributed by atoms with Gasteiger partial charge in [-0.1, -0.05) is 48.0 Å². The first-order valence-corrected chi connectivity index (χ1v) is 8.84. The molecular formula is C21H24N4O. The topological polar surface area (TPSA) is 59.1 Å². The SMILES string of the molecule is Cc1ccc(CCNc2ccnc(NCCOc3ccccc3)n2)cc1. The molecule has 0 bridgehead atoms. The lowest BCUT2D eigenvalue weighted by Crippen LogP contribution is -2.14. The highest BCUT2D eigenvalue weighted by Crippen LogP contribution is 2.09. The minimum absolute atomic E-state index is 0.554. The Morgan fingerprint density at radius 3 is 2.50 bits per heavy atom. The van der Waals surface area contributed by atoms with Gasteiger partial charge in [-0.25, -0.2) is 4.98 Å². The van der Waals surface area contributed by atoms with Gasteiger partial charge in [-0.05, 0) is 37.1 Å². The van der Waals surface area contributed by atoms with Crippen LogP contribution in [0.4, 0.5) is 11.8 Å². The lowest BCUT2D eigenvalue weighted by Gasteiger charge is -2.09. The molecule has 0 aliphatic carbocycles. The molecule has 5 heteroatoms. The number of rotatable bonds is 9. The smallest absolute Gasteiger partial charge is 0.224 e. The Labute approximate surface area is 154 Å². The van der Waals surface area contributed by atoms with Crippen molar-refractivity contribution in [2.75, 3.05) is 30.3 Å². The summed E-state index contributed by atoms with van der Waals surface area (Å²) in [5.74, 6) is 2.28. The third-order valence-corrected chi connectivity index (χ3v) is 3.89. The van der Waals surface area contributed by atoms with E-state index in [9.17, 15) is 0 Å². The van der Waals surface area contributed by atoms with Gasteiger partial charge < -0.3 is 15.4 Å². The number of hydrogen-bond donors (Lipinski definition) is 2. The first-order valence-electron chi connectivity index (χ1n) is 8.84. The maximum absolute atomic E-state index is 5.65. The van der Waals surface area contributed by atoms with Crippen LogP contribution in [-0.2, 0) is 6.42 Å². The third-order valence-electron chi connectivity index (χ3n) is 3.89. The summed E-state index contributed by atoms with van der Waals surface area (Å²) in [6.07, 6.45) is 2.71. The zero-order valence-electron chi connectivity index (χ0n) is 15.0. The van der Waals surface area contributed by atoms with E-state index >= 15 is 0 Å². The molecule has 3 rings (SSSR count). The summed E-state index contributed by atoms with van der Waals surface area (Å²) in [5, 5.41) is 6.52. The van der Waals surface area contributed by atoms with Gasteiger partial charge in [-0.2, -0.15) is 4.98 Å². The number of anilines is 2. The van der Waals surface area contributed by atoms with E-state index in [2.05, 4.69) is 51.8 Å². The van der Waals surface area contributed by atoms with Crippen molar-refractivity contribution < 1.29 is 4.74 Å². The number of aromatic nitrogens is 2. The van der Waals surface area contributed by atoms with Crippen molar-refractivity contribution in [3.63, 3.8) is 0 Å². The molecule has 0 radical (unpaired) electrons. The van der Waals surface area contributed by atoms with Crippen LogP contribution in [0, 0.1) is 6.92 Å². The number of aryl methyl sites for hydroxylation is 1. The first-order chi connectivity index (χ1) is 12.8. The number of para-hydroxylation sites is 1. The number of ether oxygens (including phenoxy) is 1. The molecule has 0 spiro atoms. The molecular weight excluding hydrogens is 324 g/mol. The van der Waals surface area contributed by atoms with Crippen LogP contribution in [0.15, 0.2) is 66.9 Å². The maximum atomic E-state index is 5.65.